The number of para-hydroxylation sites is 1. The topological polar surface area (TPSA) is 89.7 Å². The van der Waals surface area contributed by atoms with E-state index in [0.29, 0.717) is 22.6 Å². The second-order valence-corrected chi connectivity index (χ2v) is 7.96. The number of benzene rings is 2. The molecule has 5 rings (SSSR count). The highest BCUT2D eigenvalue weighted by molar-refractivity contribution is 6.12. The summed E-state index contributed by atoms with van der Waals surface area (Å²) in [5.41, 5.74) is 5.48. The number of nitrogens with zero attached hydrogens (tertiary/aromatic N) is 5. The van der Waals surface area contributed by atoms with Crippen LogP contribution in [-0.2, 0) is 14.1 Å². The van der Waals surface area contributed by atoms with E-state index in [2.05, 4.69) is 25.8 Å². The summed E-state index contributed by atoms with van der Waals surface area (Å²) in [6.45, 7) is 2.02. The molecule has 5 aromatic rings. The van der Waals surface area contributed by atoms with Crippen molar-refractivity contribution in [1.29, 1.82) is 0 Å². The molecule has 0 bridgehead atoms. The molecule has 3 heterocycles. The van der Waals surface area contributed by atoms with E-state index in [1.54, 1.807) is 27.8 Å². The Kier molecular flexibility index (Phi) is 5.10. The Bertz CT molecular complexity index is 1480. The number of amides is 1. The molecule has 0 aliphatic heterocycles. The summed E-state index contributed by atoms with van der Waals surface area (Å²) in [6, 6.07) is 15.4. The van der Waals surface area contributed by atoms with E-state index in [0.717, 1.165) is 27.8 Å². The Labute approximate surface area is 190 Å². The first-order valence-corrected chi connectivity index (χ1v) is 10.5. The molecule has 0 unspecified atom stereocenters. The average Bonchev–Trinajstić information content (AvgIpc) is 3.40. The number of carbonyl (C=O) groups excluding carboxylic acids is 1. The summed E-state index contributed by atoms with van der Waals surface area (Å²) in [6.07, 6.45) is 7.34. The Morgan fingerprint density at radius 2 is 1.76 bits per heavy atom. The first-order valence-electron chi connectivity index (χ1n) is 10.5. The molecule has 2 aromatic carbocycles. The summed E-state index contributed by atoms with van der Waals surface area (Å²) in [4.78, 5) is 18.0. The van der Waals surface area contributed by atoms with Crippen molar-refractivity contribution in [2.45, 2.75) is 6.92 Å². The van der Waals surface area contributed by atoms with Gasteiger partial charge in [0.05, 0.1) is 17.4 Å². The highest BCUT2D eigenvalue weighted by atomic mass is 16.1. The number of pyridine rings is 1. The molecular formula is C25H23N7O. The summed E-state index contributed by atoms with van der Waals surface area (Å²) < 4.78 is 3.44. The van der Waals surface area contributed by atoms with Gasteiger partial charge in [-0.3, -0.25) is 14.2 Å². The standard InChI is InChI=1S/C25H23N7O/c1-16-7-4-5-10-21(16)28-24-22(11-18(12-26-24)19-13-27-31(2)15-19)29-25(33)20-9-6-8-17-14-32(3)30-23(17)20/h4-15H,1-3H3,(H,26,28)(H,29,33). The van der Waals surface area contributed by atoms with Crippen molar-refractivity contribution >= 4 is 34.0 Å². The third-order valence-electron chi connectivity index (χ3n) is 5.47. The molecule has 0 radical (unpaired) electrons. The number of carbonyl (C=O) groups is 1. The lowest BCUT2D eigenvalue weighted by Crippen LogP contribution is -2.14. The van der Waals surface area contributed by atoms with Crippen molar-refractivity contribution in [3.05, 3.63) is 84.4 Å². The van der Waals surface area contributed by atoms with Gasteiger partial charge in [-0.25, -0.2) is 4.98 Å². The molecule has 0 atom stereocenters. The van der Waals surface area contributed by atoms with Gasteiger partial charge in [0, 0.05) is 54.9 Å². The van der Waals surface area contributed by atoms with Crippen LogP contribution in [0.2, 0.25) is 0 Å². The smallest absolute Gasteiger partial charge is 0.258 e. The lowest BCUT2D eigenvalue weighted by Gasteiger charge is -2.15. The van der Waals surface area contributed by atoms with Crippen molar-refractivity contribution in [2.75, 3.05) is 10.6 Å². The van der Waals surface area contributed by atoms with Gasteiger partial charge in [0.2, 0.25) is 0 Å². The van der Waals surface area contributed by atoms with Crippen LogP contribution in [-0.4, -0.2) is 30.5 Å². The first-order chi connectivity index (χ1) is 16.0. The lowest BCUT2D eigenvalue weighted by atomic mass is 10.1. The molecular weight excluding hydrogens is 414 g/mol. The van der Waals surface area contributed by atoms with E-state index in [4.69, 9.17) is 0 Å². The largest absolute Gasteiger partial charge is 0.338 e. The molecule has 0 fully saturated rings. The van der Waals surface area contributed by atoms with Gasteiger partial charge in [-0.1, -0.05) is 30.3 Å². The number of anilines is 3. The Morgan fingerprint density at radius 1 is 0.909 bits per heavy atom. The van der Waals surface area contributed by atoms with E-state index in [9.17, 15) is 4.79 Å². The minimum Gasteiger partial charge on any atom is -0.338 e. The van der Waals surface area contributed by atoms with Gasteiger partial charge >= 0.3 is 0 Å². The predicted molar refractivity (Wildman–Crippen MR) is 130 cm³/mol. The Morgan fingerprint density at radius 3 is 2.55 bits per heavy atom. The van der Waals surface area contributed by atoms with Gasteiger partial charge in [0.15, 0.2) is 5.82 Å². The minimum atomic E-state index is -0.253. The third kappa shape index (κ3) is 4.06. The van der Waals surface area contributed by atoms with E-state index >= 15 is 0 Å². The maximum absolute atomic E-state index is 13.3. The number of hydrogen-bond acceptors (Lipinski definition) is 5. The van der Waals surface area contributed by atoms with Crippen molar-refractivity contribution in [1.82, 2.24) is 24.5 Å². The molecule has 0 aliphatic rings. The molecule has 164 valence electrons. The lowest BCUT2D eigenvalue weighted by molar-refractivity contribution is 0.102. The van der Waals surface area contributed by atoms with Gasteiger partial charge in [-0.2, -0.15) is 10.2 Å². The number of aromatic nitrogens is 5. The summed E-state index contributed by atoms with van der Waals surface area (Å²) >= 11 is 0. The maximum atomic E-state index is 13.3. The van der Waals surface area contributed by atoms with Gasteiger partial charge < -0.3 is 10.6 Å². The van der Waals surface area contributed by atoms with E-state index in [1.165, 1.54) is 0 Å². The summed E-state index contributed by atoms with van der Waals surface area (Å²) in [7, 11) is 3.70. The fraction of sp³-hybridized carbons (Fsp3) is 0.120. The molecule has 8 nitrogen and oxygen atoms in total. The van der Waals surface area contributed by atoms with Crippen LogP contribution in [0.15, 0.2) is 73.3 Å². The zero-order valence-electron chi connectivity index (χ0n) is 18.6. The fourth-order valence-corrected chi connectivity index (χ4v) is 3.77. The Hall–Kier alpha value is -4.46. The van der Waals surface area contributed by atoms with Crippen LogP contribution in [0.3, 0.4) is 0 Å². The van der Waals surface area contributed by atoms with Crippen LogP contribution >= 0.6 is 0 Å². The summed E-state index contributed by atoms with van der Waals surface area (Å²) in [5, 5.41) is 16.0. The number of fused-ring (bicyclic) bond motifs is 1. The van der Waals surface area contributed by atoms with E-state index in [1.807, 2.05) is 75.9 Å². The molecule has 0 saturated carbocycles. The van der Waals surface area contributed by atoms with Gasteiger partial charge in [0.1, 0.15) is 5.52 Å². The molecule has 3 aromatic heterocycles. The summed E-state index contributed by atoms with van der Waals surface area (Å²) in [5.74, 6) is 0.302. The second kappa shape index (κ2) is 8.23. The molecule has 0 saturated heterocycles. The minimum absolute atomic E-state index is 0.253. The fourth-order valence-electron chi connectivity index (χ4n) is 3.77. The quantitative estimate of drug-likeness (QED) is 0.417. The number of aryl methyl sites for hydroxylation is 3. The highest BCUT2D eigenvalue weighted by Gasteiger charge is 2.17. The van der Waals surface area contributed by atoms with E-state index < -0.39 is 0 Å². The normalized spacial score (nSPS) is 11.0. The molecule has 0 spiro atoms. The van der Waals surface area contributed by atoms with Crippen LogP contribution in [0.5, 0.6) is 0 Å². The number of rotatable bonds is 5. The van der Waals surface area contributed by atoms with Gasteiger partial charge in [0.25, 0.3) is 5.91 Å². The van der Waals surface area contributed by atoms with Crippen LogP contribution in [0.1, 0.15) is 15.9 Å². The molecule has 0 aliphatic carbocycles. The van der Waals surface area contributed by atoms with Gasteiger partial charge in [-0.05, 0) is 30.7 Å². The van der Waals surface area contributed by atoms with Crippen molar-refractivity contribution in [3.63, 3.8) is 0 Å². The highest BCUT2D eigenvalue weighted by Crippen LogP contribution is 2.30. The average molecular weight is 438 g/mol. The van der Waals surface area contributed by atoms with Crippen LogP contribution in [0.4, 0.5) is 17.2 Å². The van der Waals surface area contributed by atoms with Crippen LogP contribution in [0, 0.1) is 6.92 Å². The molecule has 33 heavy (non-hydrogen) atoms. The zero-order valence-corrected chi connectivity index (χ0v) is 18.6. The van der Waals surface area contributed by atoms with Gasteiger partial charge in [-0.15, -0.1) is 0 Å². The monoisotopic (exact) mass is 437 g/mol. The SMILES string of the molecule is Cc1ccccc1Nc1ncc(-c2cnn(C)c2)cc1NC(=O)c1cccc2cn(C)nc12. The molecule has 2 N–H and O–H groups in total. The maximum Gasteiger partial charge on any atom is 0.258 e. The number of nitrogens with one attached hydrogen (secondary N) is 2. The van der Waals surface area contributed by atoms with Crippen LogP contribution in [0.25, 0.3) is 22.0 Å². The Balaban J connectivity index is 1.55. The van der Waals surface area contributed by atoms with E-state index in [-0.39, 0.29) is 5.91 Å². The van der Waals surface area contributed by atoms with Crippen molar-refractivity contribution in [3.8, 4) is 11.1 Å². The van der Waals surface area contributed by atoms with Crippen molar-refractivity contribution < 1.29 is 4.79 Å². The van der Waals surface area contributed by atoms with Crippen molar-refractivity contribution in [2.24, 2.45) is 14.1 Å². The molecule has 8 heteroatoms. The van der Waals surface area contributed by atoms with Crippen LogP contribution < -0.4 is 10.6 Å². The third-order valence-corrected chi connectivity index (χ3v) is 5.47. The number of hydrogen-bond donors (Lipinski definition) is 2. The first kappa shape index (κ1) is 20.4. The predicted octanol–water partition coefficient (Wildman–Crippen LogP) is 4.67. The second-order valence-electron chi connectivity index (χ2n) is 7.96. The molecule has 1 amide bonds. The zero-order chi connectivity index (χ0) is 22.9.